The highest BCUT2D eigenvalue weighted by Gasteiger charge is 2.03. The number of aliphatic imine (C=N–C) groups is 1. The number of nitrogens with zero attached hydrogens (tertiary/aromatic N) is 4. The van der Waals surface area contributed by atoms with Crippen molar-refractivity contribution in [2.24, 2.45) is 4.99 Å². The number of hydrogen-bond donors (Lipinski definition) is 2. The normalized spacial score (nSPS) is 11.2. The summed E-state index contributed by atoms with van der Waals surface area (Å²) in [4.78, 5) is 5.70. The van der Waals surface area contributed by atoms with Gasteiger partial charge >= 0.3 is 0 Å². The standard InChI is InChI=1S/C19H29FN6OS.HI/c1-3-18-25-24-15-26(18)12-10-22-19(23-11-13-27-2)21-9-4-14-28-17-7-5-16(20)6-8-17;/h5-8,15H,3-4,9-14H2,1-2H3,(H2,21,22,23);1H. The minimum atomic E-state index is -0.204. The summed E-state index contributed by atoms with van der Waals surface area (Å²) in [5.74, 6) is 2.48. The maximum Gasteiger partial charge on any atom is 0.191 e. The molecule has 0 aliphatic rings. The lowest BCUT2D eigenvalue weighted by atomic mass is 10.4. The topological polar surface area (TPSA) is 76.4 Å². The summed E-state index contributed by atoms with van der Waals surface area (Å²) in [6, 6.07) is 6.58. The van der Waals surface area contributed by atoms with Crippen LogP contribution < -0.4 is 10.6 Å². The highest BCUT2D eigenvalue weighted by molar-refractivity contribution is 14.0. The van der Waals surface area contributed by atoms with Crippen LogP contribution in [0.5, 0.6) is 0 Å². The van der Waals surface area contributed by atoms with Gasteiger partial charge in [-0.2, -0.15) is 0 Å². The van der Waals surface area contributed by atoms with Gasteiger partial charge in [-0.1, -0.05) is 6.92 Å². The third kappa shape index (κ3) is 10.3. The van der Waals surface area contributed by atoms with Crippen molar-refractivity contribution in [1.29, 1.82) is 0 Å². The highest BCUT2D eigenvalue weighted by Crippen LogP contribution is 2.18. The third-order valence-corrected chi connectivity index (χ3v) is 5.01. The molecule has 7 nitrogen and oxygen atoms in total. The molecule has 0 unspecified atom stereocenters. The second-order valence-corrected chi connectivity index (χ2v) is 7.20. The number of methoxy groups -OCH3 is 1. The van der Waals surface area contributed by atoms with Crippen LogP contribution in [0.25, 0.3) is 0 Å². The van der Waals surface area contributed by atoms with Gasteiger partial charge in [0.1, 0.15) is 18.0 Å². The molecule has 0 aliphatic carbocycles. The van der Waals surface area contributed by atoms with E-state index in [4.69, 9.17) is 4.74 Å². The van der Waals surface area contributed by atoms with Crippen LogP contribution in [-0.2, 0) is 17.7 Å². The second kappa shape index (κ2) is 15.4. The fraction of sp³-hybridized carbons (Fsp3) is 0.526. The summed E-state index contributed by atoms with van der Waals surface area (Å²) in [5, 5.41) is 14.7. The summed E-state index contributed by atoms with van der Waals surface area (Å²) in [6.45, 7) is 5.60. The monoisotopic (exact) mass is 536 g/mol. The lowest BCUT2D eigenvalue weighted by Crippen LogP contribution is -2.40. The van der Waals surface area contributed by atoms with E-state index < -0.39 is 0 Å². The van der Waals surface area contributed by atoms with Gasteiger partial charge in [-0.05, 0) is 36.4 Å². The number of ether oxygens (including phenoxy) is 1. The van der Waals surface area contributed by atoms with Crippen LogP contribution >= 0.6 is 35.7 Å². The minimum absolute atomic E-state index is 0. The zero-order valence-electron chi connectivity index (χ0n) is 16.9. The number of nitrogens with one attached hydrogen (secondary N) is 2. The molecule has 2 rings (SSSR count). The number of thioether (sulfide) groups is 1. The Morgan fingerprint density at radius 1 is 1.24 bits per heavy atom. The van der Waals surface area contributed by atoms with Crippen molar-refractivity contribution in [2.75, 3.05) is 39.1 Å². The summed E-state index contributed by atoms with van der Waals surface area (Å²) in [7, 11) is 1.68. The molecule has 10 heteroatoms. The van der Waals surface area contributed by atoms with E-state index in [-0.39, 0.29) is 29.8 Å². The molecule has 1 heterocycles. The molecular weight excluding hydrogens is 506 g/mol. The lowest BCUT2D eigenvalue weighted by Gasteiger charge is -2.13. The Morgan fingerprint density at radius 2 is 2.00 bits per heavy atom. The largest absolute Gasteiger partial charge is 0.383 e. The van der Waals surface area contributed by atoms with Gasteiger partial charge in [0, 0.05) is 44.6 Å². The number of halogens is 2. The molecular formula is C19H30FIN6OS. The van der Waals surface area contributed by atoms with E-state index in [2.05, 4.69) is 32.7 Å². The zero-order valence-corrected chi connectivity index (χ0v) is 20.1. The molecule has 0 spiro atoms. The van der Waals surface area contributed by atoms with Crippen molar-refractivity contribution in [3.8, 4) is 0 Å². The predicted molar refractivity (Wildman–Crippen MR) is 127 cm³/mol. The summed E-state index contributed by atoms with van der Waals surface area (Å²) >= 11 is 1.71. The van der Waals surface area contributed by atoms with Crippen molar-refractivity contribution in [1.82, 2.24) is 25.4 Å². The Hall–Kier alpha value is -1.40. The molecule has 1 aromatic heterocycles. The number of aryl methyl sites for hydroxylation is 1. The van der Waals surface area contributed by atoms with Gasteiger partial charge in [-0.15, -0.1) is 45.9 Å². The Bertz CT molecular complexity index is 713. The van der Waals surface area contributed by atoms with Gasteiger partial charge in [0.25, 0.3) is 0 Å². The maximum absolute atomic E-state index is 12.9. The Balaban J connectivity index is 0.00000420. The van der Waals surface area contributed by atoms with Crippen LogP contribution in [0, 0.1) is 5.82 Å². The molecule has 0 bridgehead atoms. The average molecular weight is 536 g/mol. The van der Waals surface area contributed by atoms with Crippen molar-refractivity contribution in [3.63, 3.8) is 0 Å². The van der Waals surface area contributed by atoms with Crippen LogP contribution in [0.3, 0.4) is 0 Å². The van der Waals surface area contributed by atoms with E-state index >= 15 is 0 Å². The molecule has 0 saturated heterocycles. The van der Waals surface area contributed by atoms with Crippen LogP contribution in [0.2, 0.25) is 0 Å². The molecule has 0 atom stereocenters. The Labute approximate surface area is 193 Å². The maximum atomic E-state index is 12.9. The van der Waals surface area contributed by atoms with Gasteiger partial charge in [0.2, 0.25) is 0 Å². The van der Waals surface area contributed by atoms with Crippen LogP contribution in [0.1, 0.15) is 19.2 Å². The number of benzene rings is 1. The first-order valence-electron chi connectivity index (χ1n) is 9.49. The van der Waals surface area contributed by atoms with Crippen molar-refractivity contribution < 1.29 is 9.13 Å². The SMILES string of the molecule is CCc1nncn1CCNC(=NCCCSc1ccc(F)cc1)NCCOC.I. The molecule has 2 N–H and O–H groups in total. The Morgan fingerprint density at radius 3 is 2.72 bits per heavy atom. The number of hydrogen-bond acceptors (Lipinski definition) is 5. The first-order chi connectivity index (χ1) is 13.7. The first-order valence-corrected chi connectivity index (χ1v) is 10.5. The second-order valence-electron chi connectivity index (χ2n) is 6.03. The molecule has 29 heavy (non-hydrogen) atoms. The van der Waals surface area contributed by atoms with E-state index in [1.807, 2.05) is 4.57 Å². The number of aromatic nitrogens is 3. The lowest BCUT2D eigenvalue weighted by molar-refractivity contribution is 0.203. The number of guanidine groups is 1. The van der Waals surface area contributed by atoms with E-state index in [0.717, 1.165) is 48.4 Å². The average Bonchev–Trinajstić information content (AvgIpc) is 3.16. The highest BCUT2D eigenvalue weighted by atomic mass is 127. The molecule has 1 aromatic carbocycles. The van der Waals surface area contributed by atoms with Gasteiger partial charge in [0.05, 0.1) is 6.61 Å². The van der Waals surface area contributed by atoms with Crippen molar-refractivity contribution in [3.05, 3.63) is 42.2 Å². The molecule has 0 aliphatic heterocycles. The molecule has 0 saturated carbocycles. The van der Waals surface area contributed by atoms with E-state index in [1.165, 1.54) is 12.1 Å². The number of rotatable bonds is 12. The fourth-order valence-corrected chi connectivity index (χ4v) is 3.29. The summed E-state index contributed by atoms with van der Waals surface area (Å²) in [5.41, 5.74) is 0. The van der Waals surface area contributed by atoms with Gasteiger partial charge in [-0.25, -0.2) is 4.39 Å². The van der Waals surface area contributed by atoms with Crippen molar-refractivity contribution >= 4 is 41.7 Å². The van der Waals surface area contributed by atoms with Crippen LogP contribution in [0.15, 0.2) is 40.5 Å². The van der Waals surface area contributed by atoms with Crippen LogP contribution in [-0.4, -0.2) is 59.8 Å². The molecule has 0 fully saturated rings. The smallest absolute Gasteiger partial charge is 0.191 e. The van der Waals surface area contributed by atoms with E-state index in [0.29, 0.717) is 19.7 Å². The predicted octanol–water partition coefficient (Wildman–Crippen LogP) is 2.96. The van der Waals surface area contributed by atoms with Crippen LogP contribution in [0.4, 0.5) is 4.39 Å². The van der Waals surface area contributed by atoms with Crippen molar-refractivity contribution in [2.45, 2.75) is 31.2 Å². The molecule has 0 radical (unpaired) electrons. The zero-order chi connectivity index (χ0) is 20.0. The summed E-state index contributed by atoms with van der Waals surface area (Å²) in [6.07, 6.45) is 3.55. The third-order valence-electron chi connectivity index (χ3n) is 3.91. The first kappa shape index (κ1) is 25.6. The van der Waals surface area contributed by atoms with Gasteiger partial charge in [0.15, 0.2) is 5.96 Å². The molecule has 162 valence electrons. The van der Waals surface area contributed by atoms with E-state index in [1.54, 1.807) is 37.3 Å². The van der Waals surface area contributed by atoms with E-state index in [9.17, 15) is 4.39 Å². The minimum Gasteiger partial charge on any atom is -0.383 e. The van der Waals surface area contributed by atoms with Gasteiger partial charge < -0.3 is 19.9 Å². The quantitative estimate of drug-likeness (QED) is 0.143. The fourth-order valence-electron chi connectivity index (χ4n) is 2.46. The Kier molecular flexibility index (Phi) is 13.7. The molecule has 0 amide bonds. The summed E-state index contributed by atoms with van der Waals surface area (Å²) < 4.78 is 20.1. The molecule has 2 aromatic rings. The van der Waals surface area contributed by atoms with Gasteiger partial charge in [-0.3, -0.25) is 4.99 Å².